The molecule has 3 heteroatoms. The van der Waals surface area contributed by atoms with Gasteiger partial charge in [-0.3, -0.25) is 9.59 Å². The van der Waals surface area contributed by atoms with Gasteiger partial charge in [-0.1, -0.05) is 177 Å². The molecular formula is C43H60O3. The van der Waals surface area contributed by atoms with Gasteiger partial charge in [-0.25, -0.2) is 0 Å². The van der Waals surface area contributed by atoms with E-state index in [4.69, 9.17) is 4.74 Å². The van der Waals surface area contributed by atoms with E-state index < -0.39 is 0 Å². The van der Waals surface area contributed by atoms with Gasteiger partial charge in [0.1, 0.15) is 5.75 Å². The van der Waals surface area contributed by atoms with Gasteiger partial charge in [-0.15, -0.1) is 0 Å². The van der Waals surface area contributed by atoms with Crippen LogP contribution in [0.3, 0.4) is 0 Å². The summed E-state index contributed by atoms with van der Waals surface area (Å²) in [7, 11) is 0. The molecule has 3 rings (SSSR count). The van der Waals surface area contributed by atoms with Crippen molar-refractivity contribution >= 4 is 11.6 Å². The number of carbonyl (C=O) groups is 2. The lowest BCUT2D eigenvalue weighted by molar-refractivity contribution is 0.0894. The highest BCUT2D eigenvalue weighted by molar-refractivity contribution is 6.13. The SMILES string of the molecule is CCCCCCCCCCCCc1ccc(-c2ccc(C(=O)CC(=O)c3cccc(OCCCCCCCCCC)c3)cc2)cc1. The van der Waals surface area contributed by atoms with Crippen molar-refractivity contribution in [3.8, 4) is 16.9 Å². The van der Waals surface area contributed by atoms with Gasteiger partial charge in [-0.05, 0) is 48.1 Å². The van der Waals surface area contributed by atoms with Gasteiger partial charge in [0.15, 0.2) is 11.6 Å². The van der Waals surface area contributed by atoms with Gasteiger partial charge in [0, 0.05) is 11.1 Å². The Morgan fingerprint density at radius 1 is 0.500 bits per heavy atom. The van der Waals surface area contributed by atoms with Gasteiger partial charge in [0.2, 0.25) is 0 Å². The summed E-state index contributed by atoms with van der Waals surface area (Å²) in [6, 6.07) is 23.7. The average molecular weight is 625 g/mol. The molecule has 0 atom stereocenters. The topological polar surface area (TPSA) is 43.4 Å². The monoisotopic (exact) mass is 624 g/mol. The van der Waals surface area contributed by atoms with Crippen LogP contribution in [0, 0.1) is 0 Å². The largest absolute Gasteiger partial charge is 0.494 e. The molecule has 0 aromatic heterocycles. The number of ketones is 2. The van der Waals surface area contributed by atoms with E-state index in [1.165, 1.54) is 115 Å². The maximum absolute atomic E-state index is 12.9. The molecule has 250 valence electrons. The molecule has 0 N–H and O–H groups in total. The number of hydrogen-bond donors (Lipinski definition) is 0. The predicted octanol–water partition coefficient (Wildman–Crippen LogP) is 12.8. The summed E-state index contributed by atoms with van der Waals surface area (Å²) in [5.41, 5.74) is 4.70. The van der Waals surface area contributed by atoms with E-state index in [-0.39, 0.29) is 18.0 Å². The second-order valence-electron chi connectivity index (χ2n) is 13.1. The van der Waals surface area contributed by atoms with Crippen molar-refractivity contribution in [2.45, 2.75) is 142 Å². The maximum atomic E-state index is 12.9. The first-order chi connectivity index (χ1) is 22.6. The molecule has 0 aliphatic carbocycles. The highest BCUT2D eigenvalue weighted by atomic mass is 16.5. The molecule has 3 aromatic carbocycles. The molecule has 46 heavy (non-hydrogen) atoms. The van der Waals surface area contributed by atoms with E-state index in [2.05, 4.69) is 38.1 Å². The van der Waals surface area contributed by atoms with Crippen LogP contribution in [-0.2, 0) is 6.42 Å². The van der Waals surface area contributed by atoms with E-state index >= 15 is 0 Å². The molecule has 0 aliphatic heterocycles. The zero-order valence-corrected chi connectivity index (χ0v) is 29.0. The van der Waals surface area contributed by atoms with Crippen molar-refractivity contribution in [3.63, 3.8) is 0 Å². The molecule has 0 saturated carbocycles. The lowest BCUT2D eigenvalue weighted by atomic mass is 9.97. The lowest BCUT2D eigenvalue weighted by Crippen LogP contribution is -2.09. The molecule has 0 bridgehead atoms. The molecule has 0 fully saturated rings. The predicted molar refractivity (Wildman–Crippen MR) is 195 cm³/mol. The van der Waals surface area contributed by atoms with E-state index in [1.807, 2.05) is 36.4 Å². The zero-order chi connectivity index (χ0) is 32.7. The quantitative estimate of drug-likeness (QED) is 0.0507. The van der Waals surface area contributed by atoms with Crippen LogP contribution in [0.4, 0.5) is 0 Å². The van der Waals surface area contributed by atoms with Crippen molar-refractivity contribution in [1.82, 2.24) is 0 Å². The molecule has 0 radical (unpaired) electrons. The van der Waals surface area contributed by atoms with Gasteiger partial charge >= 0.3 is 0 Å². The summed E-state index contributed by atoms with van der Waals surface area (Å²) in [5, 5.41) is 0. The minimum Gasteiger partial charge on any atom is -0.494 e. The van der Waals surface area contributed by atoms with Gasteiger partial charge in [0.25, 0.3) is 0 Å². The lowest BCUT2D eigenvalue weighted by Gasteiger charge is -2.08. The third-order valence-electron chi connectivity index (χ3n) is 9.06. The van der Waals surface area contributed by atoms with Crippen LogP contribution >= 0.6 is 0 Å². The van der Waals surface area contributed by atoms with E-state index in [0.29, 0.717) is 23.5 Å². The summed E-state index contributed by atoms with van der Waals surface area (Å²) >= 11 is 0. The second-order valence-corrected chi connectivity index (χ2v) is 13.1. The first kappa shape index (κ1) is 37.3. The Labute approximate surface area is 280 Å². The first-order valence-electron chi connectivity index (χ1n) is 18.6. The number of Topliss-reactive ketones (excluding diaryl/α,β-unsaturated/α-hetero) is 2. The Hall–Kier alpha value is -3.20. The molecule has 3 nitrogen and oxygen atoms in total. The van der Waals surface area contributed by atoms with Gasteiger partial charge in [0.05, 0.1) is 13.0 Å². The molecule has 0 saturated heterocycles. The Kier molecular flexibility index (Phi) is 18.8. The second kappa shape index (κ2) is 23.2. The minimum atomic E-state index is -0.176. The number of unbranched alkanes of at least 4 members (excludes halogenated alkanes) is 16. The summed E-state index contributed by atoms with van der Waals surface area (Å²) in [5.74, 6) is 0.360. The maximum Gasteiger partial charge on any atom is 0.170 e. The van der Waals surface area contributed by atoms with Crippen molar-refractivity contribution in [3.05, 3.63) is 89.5 Å². The Morgan fingerprint density at radius 2 is 0.978 bits per heavy atom. The summed E-state index contributed by atoms with van der Waals surface area (Å²) < 4.78 is 5.91. The molecule has 0 amide bonds. The standard InChI is InChI=1S/C43H60O3/c1-3-5-7-9-11-13-14-15-17-19-22-36-25-27-37(28-26-36)38-29-31-39(32-30-38)42(44)35-43(45)40-23-21-24-41(34-40)46-33-20-18-16-12-10-8-6-4-2/h21,23-32,34H,3-20,22,33,35H2,1-2H3. The number of ether oxygens (including phenoxy) is 1. The molecular weight excluding hydrogens is 564 g/mol. The number of rotatable bonds is 26. The van der Waals surface area contributed by atoms with Crippen molar-refractivity contribution in [2.75, 3.05) is 6.61 Å². The highest BCUT2D eigenvalue weighted by Crippen LogP contribution is 2.23. The van der Waals surface area contributed by atoms with E-state index in [1.54, 1.807) is 12.1 Å². The molecule has 3 aromatic rings. The van der Waals surface area contributed by atoms with E-state index in [0.717, 1.165) is 24.0 Å². The van der Waals surface area contributed by atoms with Crippen LogP contribution in [-0.4, -0.2) is 18.2 Å². The Morgan fingerprint density at radius 3 is 1.54 bits per heavy atom. The normalized spacial score (nSPS) is 11.1. The van der Waals surface area contributed by atoms with Crippen LogP contribution in [0.1, 0.15) is 162 Å². The van der Waals surface area contributed by atoms with Crippen molar-refractivity contribution in [1.29, 1.82) is 0 Å². The number of aryl methyl sites for hydroxylation is 1. The van der Waals surface area contributed by atoms with Gasteiger partial charge in [-0.2, -0.15) is 0 Å². The van der Waals surface area contributed by atoms with Crippen LogP contribution in [0.15, 0.2) is 72.8 Å². The van der Waals surface area contributed by atoms with Crippen LogP contribution in [0.2, 0.25) is 0 Å². The average Bonchev–Trinajstić information content (AvgIpc) is 3.09. The van der Waals surface area contributed by atoms with Crippen LogP contribution < -0.4 is 4.74 Å². The first-order valence-corrected chi connectivity index (χ1v) is 18.6. The minimum absolute atomic E-state index is 0.144. The Balaban J connectivity index is 1.36. The number of hydrogen-bond acceptors (Lipinski definition) is 3. The van der Waals surface area contributed by atoms with E-state index in [9.17, 15) is 9.59 Å². The third-order valence-corrected chi connectivity index (χ3v) is 9.06. The van der Waals surface area contributed by atoms with Crippen LogP contribution in [0.5, 0.6) is 5.75 Å². The Bertz CT molecular complexity index is 1240. The molecule has 0 unspecified atom stereocenters. The molecule has 0 heterocycles. The fourth-order valence-electron chi connectivity index (χ4n) is 6.06. The van der Waals surface area contributed by atoms with Crippen molar-refractivity contribution < 1.29 is 14.3 Å². The van der Waals surface area contributed by atoms with Crippen molar-refractivity contribution in [2.24, 2.45) is 0 Å². The van der Waals surface area contributed by atoms with Crippen LogP contribution in [0.25, 0.3) is 11.1 Å². The number of benzene rings is 3. The number of carbonyl (C=O) groups excluding carboxylic acids is 2. The highest BCUT2D eigenvalue weighted by Gasteiger charge is 2.15. The molecule has 0 spiro atoms. The molecule has 0 aliphatic rings. The van der Waals surface area contributed by atoms with Gasteiger partial charge < -0.3 is 4.74 Å². The third kappa shape index (κ3) is 14.9. The summed E-state index contributed by atoms with van der Waals surface area (Å²) in [4.78, 5) is 25.9. The smallest absolute Gasteiger partial charge is 0.170 e. The summed E-state index contributed by atoms with van der Waals surface area (Å²) in [6.45, 7) is 5.17. The fraction of sp³-hybridized carbons (Fsp3) is 0.535. The summed E-state index contributed by atoms with van der Waals surface area (Å²) in [6.07, 6.45) is 24.6. The zero-order valence-electron chi connectivity index (χ0n) is 29.0. The fourth-order valence-corrected chi connectivity index (χ4v) is 6.06.